The number of benzene rings is 2. The fraction of sp³-hybridized carbons (Fsp3) is 0.176. The van der Waals surface area contributed by atoms with E-state index < -0.39 is 0 Å². The molecule has 0 radical (unpaired) electrons. The number of amides is 2. The summed E-state index contributed by atoms with van der Waals surface area (Å²) < 4.78 is 0. The number of carbonyl (C=O) groups excluding carboxylic acids is 2. The molecule has 2 aromatic rings. The van der Waals surface area contributed by atoms with Crippen LogP contribution in [0.15, 0.2) is 52.3 Å². The Bertz CT molecular complexity index is 777. The van der Waals surface area contributed by atoms with Gasteiger partial charge in [0.15, 0.2) is 0 Å². The Morgan fingerprint density at radius 2 is 2.09 bits per heavy atom. The number of hydrogen-bond donors (Lipinski definition) is 2. The van der Waals surface area contributed by atoms with Gasteiger partial charge in [-0.05, 0) is 49.6 Å². The second kappa shape index (κ2) is 6.68. The van der Waals surface area contributed by atoms with Crippen LogP contribution in [0.1, 0.15) is 17.3 Å². The molecule has 0 unspecified atom stereocenters. The number of nitrogens with one attached hydrogen (secondary N) is 2. The molecular formula is C17H16N2O2S2. The number of thioether (sulfide) groups is 2. The summed E-state index contributed by atoms with van der Waals surface area (Å²) in [5, 5.41) is 5.62. The predicted octanol–water partition coefficient (Wildman–Crippen LogP) is 4.09. The van der Waals surface area contributed by atoms with Crippen molar-refractivity contribution in [1.29, 1.82) is 0 Å². The molecule has 1 aliphatic rings. The number of carbonyl (C=O) groups is 2. The highest BCUT2D eigenvalue weighted by Crippen LogP contribution is 2.36. The van der Waals surface area contributed by atoms with Crippen LogP contribution in [-0.2, 0) is 4.79 Å². The SMILES string of the molecule is CSc1cccc(NC(=O)c2ccc3c(c2)NC(=O)[C@@H](C)S3)c1. The summed E-state index contributed by atoms with van der Waals surface area (Å²) in [6, 6.07) is 13.1. The Morgan fingerprint density at radius 1 is 1.26 bits per heavy atom. The summed E-state index contributed by atoms with van der Waals surface area (Å²) in [6.45, 7) is 1.86. The quantitative estimate of drug-likeness (QED) is 0.823. The highest BCUT2D eigenvalue weighted by atomic mass is 32.2. The Kier molecular flexibility index (Phi) is 4.63. The number of hydrogen-bond acceptors (Lipinski definition) is 4. The van der Waals surface area contributed by atoms with Crippen molar-refractivity contribution in [3.05, 3.63) is 48.0 Å². The van der Waals surface area contributed by atoms with Crippen molar-refractivity contribution in [2.75, 3.05) is 16.9 Å². The zero-order valence-electron chi connectivity index (χ0n) is 12.8. The van der Waals surface area contributed by atoms with Gasteiger partial charge in [-0.2, -0.15) is 0 Å². The maximum absolute atomic E-state index is 12.4. The Balaban J connectivity index is 1.80. The topological polar surface area (TPSA) is 58.2 Å². The first-order valence-electron chi connectivity index (χ1n) is 7.14. The van der Waals surface area contributed by atoms with Gasteiger partial charge in [0.1, 0.15) is 0 Å². The van der Waals surface area contributed by atoms with Crippen molar-refractivity contribution in [2.45, 2.75) is 22.0 Å². The van der Waals surface area contributed by atoms with Crippen molar-refractivity contribution < 1.29 is 9.59 Å². The third kappa shape index (κ3) is 3.54. The van der Waals surface area contributed by atoms with Crippen molar-refractivity contribution in [1.82, 2.24) is 0 Å². The minimum absolute atomic E-state index is 0.0345. The smallest absolute Gasteiger partial charge is 0.255 e. The second-order valence-electron chi connectivity index (χ2n) is 5.15. The molecule has 2 N–H and O–H groups in total. The van der Waals surface area contributed by atoms with Crippen LogP contribution in [0.5, 0.6) is 0 Å². The summed E-state index contributed by atoms with van der Waals surface area (Å²) in [5.41, 5.74) is 1.98. The van der Waals surface area contributed by atoms with Crippen molar-refractivity contribution >= 4 is 46.7 Å². The summed E-state index contributed by atoms with van der Waals surface area (Å²) in [5.74, 6) is -0.225. The molecule has 0 saturated heterocycles. The minimum Gasteiger partial charge on any atom is -0.324 e. The van der Waals surface area contributed by atoms with Crippen molar-refractivity contribution in [3.63, 3.8) is 0 Å². The standard InChI is InChI=1S/C17H16N2O2S2/c1-10-16(20)19-14-8-11(6-7-15(14)23-10)17(21)18-12-4-3-5-13(9-12)22-2/h3-10H,1-2H3,(H,18,21)(H,19,20)/t10-/m1/s1. The molecule has 2 aromatic carbocycles. The highest BCUT2D eigenvalue weighted by molar-refractivity contribution is 8.01. The van der Waals surface area contributed by atoms with Gasteiger partial charge in [0.2, 0.25) is 5.91 Å². The third-order valence-corrected chi connectivity index (χ3v) is 5.40. The summed E-state index contributed by atoms with van der Waals surface area (Å²) >= 11 is 3.13. The van der Waals surface area contributed by atoms with Crippen LogP contribution in [0, 0.1) is 0 Å². The summed E-state index contributed by atoms with van der Waals surface area (Å²) in [7, 11) is 0. The molecule has 0 aromatic heterocycles. The predicted molar refractivity (Wildman–Crippen MR) is 96.6 cm³/mol. The van der Waals surface area contributed by atoms with Crippen molar-refractivity contribution in [2.24, 2.45) is 0 Å². The van der Waals surface area contributed by atoms with E-state index in [0.29, 0.717) is 11.3 Å². The summed E-state index contributed by atoms with van der Waals surface area (Å²) in [6.07, 6.45) is 1.99. The largest absolute Gasteiger partial charge is 0.324 e. The van der Waals surface area contributed by atoms with E-state index in [4.69, 9.17) is 0 Å². The van der Waals surface area contributed by atoms with Gasteiger partial charge in [0.25, 0.3) is 5.91 Å². The van der Waals surface area contributed by atoms with Gasteiger partial charge in [-0.25, -0.2) is 0 Å². The van der Waals surface area contributed by atoms with Gasteiger partial charge < -0.3 is 10.6 Å². The molecule has 0 fully saturated rings. The first-order valence-corrected chi connectivity index (χ1v) is 9.24. The van der Waals surface area contributed by atoms with E-state index in [-0.39, 0.29) is 17.1 Å². The molecule has 0 bridgehead atoms. The van der Waals surface area contributed by atoms with Crippen LogP contribution in [0.2, 0.25) is 0 Å². The molecule has 1 heterocycles. The highest BCUT2D eigenvalue weighted by Gasteiger charge is 2.23. The van der Waals surface area contributed by atoms with E-state index in [1.54, 1.807) is 23.9 Å². The van der Waals surface area contributed by atoms with E-state index in [0.717, 1.165) is 15.5 Å². The maximum Gasteiger partial charge on any atom is 0.255 e. The zero-order valence-corrected chi connectivity index (χ0v) is 14.4. The molecule has 3 rings (SSSR count). The van der Waals surface area contributed by atoms with Crippen LogP contribution >= 0.6 is 23.5 Å². The minimum atomic E-state index is -0.191. The molecule has 2 amide bonds. The maximum atomic E-state index is 12.4. The van der Waals surface area contributed by atoms with E-state index in [1.165, 1.54) is 11.8 Å². The van der Waals surface area contributed by atoms with E-state index in [1.807, 2.05) is 43.5 Å². The second-order valence-corrected chi connectivity index (χ2v) is 7.41. The van der Waals surface area contributed by atoms with Gasteiger partial charge in [0, 0.05) is 21.0 Å². The molecule has 23 heavy (non-hydrogen) atoms. The van der Waals surface area contributed by atoms with Crippen LogP contribution < -0.4 is 10.6 Å². The molecule has 4 nitrogen and oxygen atoms in total. The van der Waals surface area contributed by atoms with Gasteiger partial charge in [-0.1, -0.05) is 6.07 Å². The lowest BCUT2D eigenvalue weighted by Gasteiger charge is -2.21. The number of fused-ring (bicyclic) bond motifs is 1. The lowest BCUT2D eigenvalue weighted by molar-refractivity contribution is -0.115. The Morgan fingerprint density at radius 3 is 2.87 bits per heavy atom. The van der Waals surface area contributed by atoms with Gasteiger partial charge in [-0.15, -0.1) is 23.5 Å². The van der Waals surface area contributed by atoms with Gasteiger partial charge >= 0.3 is 0 Å². The lowest BCUT2D eigenvalue weighted by atomic mass is 10.1. The molecule has 1 aliphatic heterocycles. The van der Waals surface area contributed by atoms with Crippen LogP contribution in [0.4, 0.5) is 11.4 Å². The van der Waals surface area contributed by atoms with Crippen LogP contribution in [0.3, 0.4) is 0 Å². The normalized spacial score (nSPS) is 16.4. The lowest BCUT2D eigenvalue weighted by Crippen LogP contribution is -2.26. The van der Waals surface area contributed by atoms with E-state index >= 15 is 0 Å². The first-order chi connectivity index (χ1) is 11.1. The van der Waals surface area contributed by atoms with Crippen LogP contribution in [0.25, 0.3) is 0 Å². The average Bonchev–Trinajstić information content (AvgIpc) is 2.55. The number of anilines is 2. The van der Waals surface area contributed by atoms with Crippen molar-refractivity contribution in [3.8, 4) is 0 Å². The summed E-state index contributed by atoms with van der Waals surface area (Å²) in [4.78, 5) is 26.2. The zero-order chi connectivity index (χ0) is 16.4. The van der Waals surface area contributed by atoms with Crippen LogP contribution in [-0.4, -0.2) is 23.3 Å². The molecule has 6 heteroatoms. The first kappa shape index (κ1) is 16.0. The molecule has 0 spiro atoms. The van der Waals surface area contributed by atoms with E-state index in [2.05, 4.69) is 10.6 Å². The molecular weight excluding hydrogens is 328 g/mol. The molecule has 118 valence electrons. The Labute approximate surface area is 143 Å². The average molecular weight is 344 g/mol. The van der Waals surface area contributed by atoms with Gasteiger partial charge in [0.05, 0.1) is 10.9 Å². The number of rotatable bonds is 3. The third-order valence-electron chi connectivity index (χ3n) is 3.50. The Hall–Kier alpha value is -1.92. The molecule has 0 saturated carbocycles. The molecule has 1 atom stereocenters. The fourth-order valence-electron chi connectivity index (χ4n) is 2.25. The van der Waals surface area contributed by atoms with Gasteiger partial charge in [-0.3, -0.25) is 9.59 Å². The monoisotopic (exact) mass is 344 g/mol. The fourth-order valence-corrected chi connectivity index (χ4v) is 3.64. The van der Waals surface area contributed by atoms with E-state index in [9.17, 15) is 9.59 Å². The molecule has 0 aliphatic carbocycles.